The Hall–Kier alpha value is -6.36. The lowest BCUT2D eigenvalue weighted by Crippen LogP contribution is -2.38. The van der Waals surface area contributed by atoms with Gasteiger partial charge in [-0.2, -0.15) is 0 Å². The second kappa shape index (κ2) is 18.1. The average molecular weight is 922 g/mol. The number of hydrogen-bond donors (Lipinski definition) is 0. The molecule has 0 bridgehead atoms. The second-order valence-electron chi connectivity index (χ2n) is 18.9. The molecule has 0 N–H and O–H groups in total. The summed E-state index contributed by atoms with van der Waals surface area (Å²) in [7, 11) is -2.62. The Labute approximate surface area is 398 Å². The van der Waals surface area contributed by atoms with Crippen molar-refractivity contribution >= 4 is 68.3 Å². The lowest BCUT2D eigenvalue weighted by Gasteiger charge is -2.37. The number of thiophene rings is 1. The predicted octanol–water partition coefficient (Wildman–Crippen LogP) is 13.2. The van der Waals surface area contributed by atoms with E-state index in [0.29, 0.717) is 17.5 Å². The maximum absolute atomic E-state index is 5.16. The number of rotatable bonds is 12. The molecule has 66 heavy (non-hydrogen) atoms. The molecule has 7 heteroatoms. The van der Waals surface area contributed by atoms with Crippen molar-refractivity contribution in [3.05, 3.63) is 222 Å². The van der Waals surface area contributed by atoms with Crippen LogP contribution in [0, 0.1) is 0 Å². The molecule has 0 amide bonds. The van der Waals surface area contributed by atoms with Crippen LogP contribution < -0.4 is 10.4 Å². The summed E-state index contributed by atoms with van der Waals surface area (Å²) >= 11 is 1.82. The molecule has 0 spiro atoms. The minimum absolute atomic E-state index is 0.106. The van der Waals surface area contributed by atoms with Crippen molar-refractivity contribution < 1.29 is 0 Å². The highest BCUT2D eigenvalue weighted by Crippen LogP contribution is 2.46. The fourth-order valence-electron chi connectivity index (χ4n) is 9.58. The van der Waals surface area contributed by atoms with Gasteiger partial charge >= 0.3 is 0 Å². The SMILES string of the molecule is C[SiH2]Cc1ccc(C(c2ccc(-c3ccc4sc5cccc(-c6nc(-c7ccccc7)nc(-c7ccccc7)n6)c5c4c3)cc2)(c2ccc([SiH](C)C)cc2)c2ccc([Si](C)(C)C)cc2)cc1. The average Bonchev–Trinajstić information content (AvgIpc) is 3.74. The maximum Gasteiger partial charge on any atom is 0.164 e. The van der Waals surface area contributed by atoms with Gasteiger partial charge in [0, 0.05) is 46.4 Å². The number of hydrogen-bond acceptors (Lipinski definition) is 4. The van der Waals surface area contributed by atoms with E-state index in [2.05, 4.69) is 197 Å². The van der Waals surface area contributed by atoms with Crippen LogP contribution in [0.25, 0.3) is 65.5 Å². The highest BCUT2D eigenvalue weighted by atomic mass is 32.1. The van der Waals surface area contributed by atoms with E-state index in [1.807, 2.05) is 47.7 Å². The summed E-state index contributed by atoms with van der Waals surface area (Å²) < 4.78 is 2.45. The molecular weight excluding hydrogens is 867 g/mol. The first-order valence-electron chi connectivity index (χ1n) is 23.3. The molecule has 0 saturated carbocycles. The molecule has 0 aliphatic heterocycles. The van der Waals surface area contributed by atoms with E-state index in [9.17, 15) is 0 Å². The van der Waals surface area contributed by atoms with Crippen LogP contribution >= 0.6 is 11.3 Å². The minimum Gasteiger partial charge on any atom is -0.208 e. The monoisotopic (exact) mass is 921 g/mol. The van der Waals surface area contributed by atoms with Crippen molar-refractivity contribution in [1.82, 2.24) is 15.0 Å². The third-order valence-electron chi connectivity index (χ3n) is 13.2. The summed E-state index contributed by atoms with van der Waals surface area (Å²) in [5.41, 5.74) is 11.4. The first kappa shape index (κ1) is 43.5. The van der Waals surface area contributed by atoms with E-state index in [1.54, 1.807) is 0 Å². The van der Waals surface area contributed by atoms with Gasteiger partial charge in [-0.15, -0.1) is 11.3 Å². The Morgan fingerprint density at radius 2 is 1.02 bits per heavy atom. The Kier molecular flexibility index (Phi) is 12.0. The number of benzene rings is 8. The number of fused-ring (bicyclic) bond motifs is 3. The summed E-state index contributed by atoms with van der Waals surface area (Å²) in [5.74, 6) is 2.00. The quantitative estimate of drug-likeness (QED) is 0.0905. The zero-order chi connectivity index (χ0) is 45.4. The van der Waals surface area contributed by atoms with Crippen molar-refractivity contribution in [3.63, 3.8) is 0 Å². The van der Waals surface area contributed by atoms with Crippen LogP contribution in [0.5, 0.6) is 0 Å². The van der Waals surface area contributed by atoms with Crippen LogP contribution in [-0.4, -0.2) is 41.3 Å². The van der Waals surface area contributed by atoms with E-state index in [4.69, 9.17) is 15.0 Å². The normalized spacial score (nSPS) is 13.0. The van der Waals surface area contributed by atoms with Gasteiger partial charge in [0.2, 0.25) is 0 Å². The van der Waals surface area contributed by atoms with Crippen LogP contribution in [0.4, 0.5) is 0 Å². The zero-order valence-electron chi connectivity index (χ0n) is 38.7. The first-order chi connectivity index (χ1) is 32.1. The Balaban J connectivity index is 1.12. The van der Waals surface area contributed by atoms with Crippen LogP contribution in [0.15, 0.2) is 194 Å². The van der Waals surface area contributed by atoms with Gasteiger partial charge < -0.3 is 0 Å². The lowest BCUT2D eigenvalue weighted by atomic mass is 9.65. The molecule has 324 valence electrons. The summed E-state index contributed by atoms with van der Waals surface area (Å²) in [6.07, 6.45) is 0. The van der Waals surface area contributed by atoms with Gasteiger partial charge in [-0.3, -0.25) is 0 Å². The second-order valence-corrected chi connectivity index (χ2v) is 29.5. The topological polar surface area (TPSA) is 38.7 Å². The molecule has 0 radical (unpaired) electrons. The largest absolute Gasteiger partial charge is 0.208 e. The molecular formula is C59H55N3SSi3. The Bertz CT molecular complexity index is 3230. The molecule has 10 aromatic rings. The van der Waals surface area contributed by atoms with Crippen molar-refractivity contribution in [3.8, 4) is 45.3 Å². The van der Waals surface area contributed by atoms with E-state index in [-0.39, 0.29) is 9.52 Å². The predicted molar refractivity (Wildman–Crippen MR) is 292 cm³/mol. The highest BCUT2D eigenvalue weighted by molar-refractivity contribution is 7.26. The summed E-state index contributed by atoms with van der Waals surface area (Å²) in [4.78, 5) is 15.3. The molecule has 0 aliphatic carbocycles. The molecule has 1 unspecified atom stereocenters. The molecule has 2 aromatic heterocycles. The molecule has 0 fully saturated rings. The van der Waals surface area contributed by atoms with Crippen molar-refractivity contribution in [2.45, 2.75) is 50.7 Å². The molecule has 3 nitrogen and oxygen atoms in total. The number of aromatic nitrogens is 3. The Morgan fingerprint density at radius 1 is 0.500 bits per heavy atom. The van der Waals surface area contributed by atoms with Crippen molar-refractivity contribution in [1.29, 1.82) is 0 Å². The van der Waals surface area contributed by atoms with Gasteiger partial charge in [0.05, 0.1) is 22.3 Å². The molecule has 2 heterocycles. The van der Waals surface area contributed by atoms with Gasteiger partial charge in [0.25, 0.3) is 0 Å². The molecule has 10 rings (SSSR count). The van der Waals surface area contributed by atoms with E-state index in [1.165, 1.54) is 75.5 Å². The molecule has 8 aromatic carbocycles. The highest BCUT2D eigenvalue weighted by Gasteiger charge is 2.39. The van der Waals surface area contributed by atoms with Crippen LogP contribution in [-0.2, 0) is 11.5 Å². The molecule has 0 saturated heterocycles. The fourth-order valence-corrected chi connectivity index (χ4v) is 13.7. The van der Waals surface area contributed by atoms with Gasteiger partial charge in [-0.25, -0.2) is 15.0 Å². The van der Waals surface area contributed by atoms with Crippen molar-refractivity contribution in [2.75, 3.05) is 0 Å². The van der Waals surface area contributed by atoms with Crippen LogP contribution in [0.3, 0.4) is 0 Å². The minimum atomic E-state index is -1.52. The summed E-state index contributed by atoms with van der Waals surface area (Å²) in [6.45, 7) is 14.5. The molecule has 1 atom stereocenters. The van der Waals surface area contributed by atoms with Gasteiger partial charge in [-0.05, 0) is 57.6 Å². The third-order valence-corrected chi connectivity index (χ3v) is 19.2. The van der Waals surface area contributed by atoms with Gasteiger partial charge in [0.15, 0.2) is 17.5 Å². The van der Waals surface area contributed by atoms with E-state index >= 15 is 0 Å². The van der Waals surface area contributed by atoms with E-state index < -0.39 is 22.3 Å². The number of nitrogens with zero attached hydrogens (tertiary/aromatic N) is 3. The first-order valence-corrected chi connectivity index (χ1v) is 33.0. The van der Waals surface area contributed by atoms with Crippen LogP contribution in [0.2, 0.25) is 39.3 Å². The van der Waals surface area contributed by atoms with Gasteiger partial charge in [0.1, 0.15) is 0 Å². The molecule has 0 aliphatic rings. The third kappa shape index (κ3) is 8.26. The fraction of sp³-hybridized carbons (Fsp3) is 0.136. The van der Waals surface area contributed by atoms with Gasteiger partial charge in [-0.1, -0.05) is 231 Å². The maximum atomic E-state index is 5.16. The summed E-state index contributed by atoms with van der Waals surface area (Å²) in [5, 5.41) is 5.34. The Morgan fingerprint density at radius 3 is 1.56 bits per heavy atom. The van der Waals surface area contributed by atoms with Crippen molar-refractivity contribution in [2.24, 2.45) is 0 Å². The van der Waals surface area contributed by atoms with E-state index in [0.717, 1.165) is 16.7 Å². The zero-order valence-corrected chi connectivity index (χ0v) is 43.1. The smallest absolute Gasteiger partial charge is 0.164 e. The standard InChI is InChI=1S/C59H55N3SSi3/c1-64-39-40-20-25-45(26-21-40)59(47-29-33-49(34-30-47)65(2)3,48-31-35-50(36-32-48)66(4,5)6)46-27-22-41(23-28-46)44-24-37-53-52(38-44)55-51(18-13-19-54(55)63-53)58-61-56(42-14-9-7-10-15-42)60-57(62-58)43-16-11-8-12-17-43/h7-38,65H,39,64H2,1-6H3. The van der Waals surface area contributed by atoms with Crippen LogP contribution in [0.1, 0.15) is 27.8 Å². The lowest BCUT2D eigenvalue weighted by molar-refractivity contribution is 0.745. The summed E-state index contributed by atoms with van der Waals surface area (Å²) in [6, 6.07) is 73.5.